The molecule has 0 unspecified atom stereocenters. The smallest absolute Gasteiger partial charge is 0.192 e. The van der Waals surface area contributed by atoms with E-state index >= 15 is 0 Å². The quantitative estimate of drug-likeness (QED) is 0.337. The van der Waals surface area contributed by atoms with E-state index in [1.54, 1.807) is 73.0 Å². The van der Waals surface area contributed by atoms with Gasteiger partial charge in [-0.3, -0.25) is 0 Å². The first-order valence-corrected chi connectivity index (χ1v) is 11.1. The van der Waals surface area contributed by atoms with Crippen LogP contribution in [-0.2, 0) is 0 Å². The molecular formula is C30H10N8. The van der Waals surface area contributed by atoms with Gasteiger partial charge in [0, 0.05) is 32.7 Å². The maximum atomic E-state index is 10.4. The standard InChI is InChI=1S/C30H10N8/c31-11-19-23(17-7-3-1-4-8-17)29(37-15-35)27-22(14-34)26-20(12-32)24(18-9-5-2-6-10-18)30(38-16-36)28(26)21(13-33)25(19)27/h1-10H/b37-29-,38-30-. The second kappa shape index (κ2) is 9.23. The third-order valence-electron chi connectivity index (χ3n) is 6.34. The Bertz CT molecular complexity index is 2010. The van der Waals surface area contributed by atoms with E-state index in [0.717, 1.165) is 0 Å². The minimum atomic E-state index is -0.0326. The van der Waals surface area contributed by atoms with Gasteiger partial charge in [-0.15, -0.1) is 0 Å². The zero-order valence-corrected chi connectivity index (χ0v) is 19.4. The zero-order chi connectivity index (χ0) is 26.8. The van der Waals surface area contributed by atoms with E-state index in [-0.39, 0.29) is 54.5 Å². The number of hydrogen-bond acceptors (Lipinski definition) is 8. The number of rotatable bonds is 2. The number of hydrogen-bond donors (Lipinski definition) is 0. The Morgan fingerprint density at radius 2 is 0.763 bits per heavy atom. The van der Waals surface area contributed by atoms with Crippen LogP contribution in [-0.4, -0.2) is 0 Å². The van der Waals surface area contributed by atoms with Gasteiger partial charge in [-0.1, -0.05) is 60.7 Å². The van der Waals surface area contributed by atoms with E-state index in [4.69, 9.17) is 0 Å². The summed E-state index contributed by atoms with van der Waals surface area (Å²) in [6, 6.07) is 26.0. The Morgan fingerprint density at radius 3 is 1.05 bits per heavy atom. The third kappa shape index (κ3) is 3.11. The average molecular weight is 482 g/mol. The first-order valence-electron chi connectivity index (χ1n) is 11.1. The second-order valence-corrected chi connectivity index (χ2v) is 8.05. The van der Waals surface area contributed by atoms with Gasteiger partial charge in [0.25, 0.3) is 0 Å². The van der Waals surface area contributed by atoms with Crippen molar-refractivity contribution in [3.8, 4) is 58.9 Å². The van der Waals surface area contributed by atoms with Crippen LogP contribution in [0.2, 0.25) is 0 Å². The second-order valence-electron chi connectivity index (χ2n) is 8.05. The molecule has 0 amide bonds. The minimum absolute atomic E-state index is 0.0326. The van der Waals surface area contributed by atoms with E-state index in [2.05, 4.69) is 34.3 Å². The molecule has 0 bridgehead atoms. The van der Waals surface area contributed by atoms with Crippen LogP contribution < -0.4 is 10.7 Å². The van der Waals surface area contributed by atoms with Crippen LogP contribution in [0.3, 0.4) is 0 Å². The fourth-order valence-electron chi connectivity index (χ4n) is 5.00. The molecule has 0 saturated heterocycles. The molecule has 5 aromatic rings. The molecule has 0 heterocycles. The summed E-state index contributed by atoms with van der Waals surface area (Å²) in [7, 11) is 0. The maximum absolute atomic E-state index is 10.4. The van der Waals surface area contributed by atoms with Gasteiger partial charge in [0.2, 0.25) is 12.4 Å². The van der Waals surface area contributed by atoms with Crippen molar-refractivity contribution in [2.75, 3.05) is 0 Å². The number of benzene rings is 3. The molecule has 0 atom stereocenters. The summed E-state index contributed by atoms with van der Waals surface area (Å²) in [6.45, 7) is 0. The lowest BCUT2D eigenvalue weighted by atomic mass is 9.94. The van der Waals surface area contributed by atoms with Crippen molar-refractivity contribution in [1.29, 1.82) is 31.6 Å². The Labute approximate surface area is 215 Å². The average Bonchev–Trinajstić information content (AvgIpc) is 3.46. The molecule has 0 aromatic heterocycles. The molecule has 8 nitrogen and oxygen atoms in total. The molecule has 0 aliphatic rings. The van der Waals surface area contributed by atoms with Crippen LogP contribution in [0, 0.1) is 68.2 Å². The van der Waals surface area contributed by atoms with E-state index < -0.39 is 0 Å². The van der Waals surface area contributed by atoms with Crippen molar-refractivity contribution in [3.63, 3.8) is 0 Å². The fourth-order valence-corrected chi connectivity index (χ4v) is 5.00. The zero-order valence-electron chi connectivity index (χ0n) is 19.4. The number of nitriles is 6. The maximum Gasteiger partial charge on any atom is 0.206 e. The van der Waals surface area contributed by atoms with Gasteiger partial charge in [-0.25, -0.2) is 0 Å². The van der Waals surface area contributed by atoms with Crippen LogP contribution >= 0.6 is 0 Å². The SMILES string of the molecule is N#C/N=c1/c(-c2ccccc2)c(C#N)c2c(C#N)c3/c(=N\C#N)c(-c4ccccc4)c(C#N)c3c(C#N)c12. The molecule has 5 rings (SSSR count). The molecule has 5 aromatic carbocycles. The summed E-state index contributed by atoms with van der Waals surface area (Å²) in [5, 5.41) is 61.1. The van der Waals surface area contributed by atoms with Crippen LogP contribution in [0.1, 0.15) is 22.3 Å². The monoisotopic (exact) mass is 482 g/mol. The van der Waals surface area contributed by atoms with E-state index in [0.29, 0.717) is 22.3 Å². The number of fused-ring (bicyclic) bond motifs is 2. The Morgan fingerprint density at radius 1 is 0.421 bits per heavy atom. The number of nitrogens with zero attached hydrogens (tertiary/aromatic N) is 8. The van der Waals surface area contributed by atoms with Gasteiger partial charge in [-0.2, -0.15) is 41.6 Å². The van der Waals surface area contributed by atoms with Crippen LogP contribution in [0.25, 0.3) is 43.8 Å². The summed E-state index contributed by atoms with van der Waals surface area (Å²) in [4.78, 5) is 7.97. The molecule has 0 aliphatic heterocycles. The first kappa shape index (κ1) is 23.2. The molecule has 0 spiro atoms. The van der Waals surface area contributed by atoms with E-state index in [1.165, 1.54) is 0 Å². The van der Waals surface area contributed by atoms with Gasteiger partial charge in [0.1, 0.15) is 24.3 Å². The van der Waals surface area contributed by atoms with Gasteiger partial charge >= 0.3 is 0 Å². The fraction of sp³-hybridized carbons (Fsp3) is 0. The lowest BCUT2D eigenvalue weighted by Crippen LogP contribution is -2.06. The Kier molecular flexibility index (Phi) is 5.63. The predicted molar refractivity (Wildman–Crippen MR) is 136 cm³/mol. The van der Waals surface area contributed by atoms with Crippen molar-refractivity contribution < 1.29 is 0 Å². The molecule has 0 radical (unpaired) electrons. The molecule has 38 heavy (non-hydrogen) atoms. The molecule has 0 aliphatic carbocycles. The van der Waals surface area contributed by atoms with Gasteiger partial charge < -0.3 is 0 Å². The lowest BCUT2D eigenvalue weighted by molar-refractivity contribution is 1.35. The highest BCUT2D eigenvalue weighted by molar-refractivity contribution is 6.18. The minimum Gasteiger partial charge on any atom is -0.192 e. The molecule has 0 N–H and O–H groups in total. The van der Waals surface area contributed by atoms with Gasteiger partial charge in [0.15, 0.2) is 0 Å². The van der Waals surface area contributed by atoms with Crippen molar-refractivity contribution in [1.82, 2.24) is 0 Å². The van der Waals surface area contributed by atoms with Crippen molar-refractivity contribution >= 4 is 21.5 Å². The molecule has 170 valence electrons. The van der Waals surface area contributed by atoms with Crippen molar-refractivity contribution in [2.45, 2.75) is 0 Å². The molecule has 0 saturated carbocycles. The van der Waals surface area contributed by atoms with E-state index in [1.807, 2.05) is 0 Å². The van der Waals surface area contributed by atoms with Crippen molar-refractivity contribution in [2.24, 2.45) is 9.98 Å². The summed E-state index contributed by atoms with van der Waals surface area (Å²) in [5.41, 5.74) is 1.77. The molecule has 8 heteroatoms. The lowest BCUT2D eigenvalue weighted by Gasteiger charge is -2.03. The molecular weight excluding hydrogens is 472 g/mol. The summed E-state index contributed by atoms with van der Waals surface area (Å²) >= 11 is 0. The summed E-state index contributed by atoms with van der Waals surface area (Å²) in [5.74, 6) is 0. The van der Waals surface area contributed by atoms with Crippen LogP contribution in [0.4, 0.5) is 0 Å². The van der Waals surface area contributed by atoms with Crippen molar-refractivity contribution in [3.05, 3.63) is 93.6 Å². The predicted octanol–water partition coefficient (Wildman–Crippen LogP) is 4.45. The molecule has 0 fully saturated rings. The highest BCUT2D eigenvalue weighted by Crippen LogP contribution is 2.40. The van der Waals surface area contributed by atoms with Gasteiger partial charge in [0.05, 0.1) is 33.0 Å². The normalized spacial score (nSPS) is 11.3. The van der Waals surface area contributed by atoms with Crippen LogP contribution in [0.15, 0.2) is 70.6 Å². The summed E-state index contributed by atoms with van der Waals surface area (Å²) < 4.78 is 0. The van der Waals surface area contributed by atoms with Gasteiger partial charge in [-0.05, 0) is 11.1 Å². The topological polar surface area (TPSA) is 167 Å². The summed E-state index contributed by atoms with van der Waals surface area (Å²) in [6.07, 6.45) is 3.50. The Balaban J connectivity index is 2.23. The first-order chi connectivity index (χ1) is 18.7. The highest BCUT2D eigenvalue weighted by Gasteiger charge is 2.30. The van der Waals surface area contributed by atoms with E-state index in [9.17, 15) is 31.6 Å². The third-order valence-corrected chi connectivity index (χ3v) is 6.34. The largest absolute Gasteiger partial charge is 0.206 e. The Hall–Kier alpha value is -6.58. The van der Waals surface area contributed by atoms with Crippen LogP contribution in [0.5, 0.6) is 0 Å². The highest BCUT2D eigenvalue weighted by atomic mass is 14.7.